The number of aliphatic imine (C=N–C) groups is 1. The summed E-state index contributed by atoms with van der Waals surface area (Å²) in [6, 6.07) is 4.72. The molecular formula is C24H23F3N6O3S. The monoisotopic (exact) mass is 532 g/mol. The highest BCUT2D eigenvalue weighted by Gasteiger charge is 2.49. The third kappa shape index (κ3) is 4.76. The summed E-state index contributed by atoms with van der Waals surface area (Å²) >= 11 is 1.32. The third-order valence-electron chi connectivity index (χ3n) is 6.38. The number of halogens is 3. The Hall–Kier alpha value is -3.58. The number of thiazole rings is 1. The Labute approximate surface area is 214 Å². The Morgan fingerprint density at radius 1 is 1.30 bits per heavy atom. The van der Waals surface area contributed by atoms with Crippen LogP contribution in [0.15, 0.2) is 56.5 Å². The number of esters is 1. The number of rotatable bonds is 6. The molecule has 0 radical (unpaired) electrons. The first kappa shape index (κ1) is 25.1. The predicted molar refractivity (Wildman–Crippen MR) is 127 cm³/mol. The summed E-state index contributed by atoms with van der Waals surface area (Å²) in [4.78, 5) is 23.8. The molecule has 5 rings (SSSR count). The molecule has 3 aromatic rings. The van der Waals surface area contributed by atoms with Crippen molar-refractivity contribution in [1.82, 2.24) is 25.4 Å². The molecule has 13 heteroatoms. The standard InChI is InChI=1S/C24H23F3N6O3S/c1-13-31-32-20(36-13)17-10-24(26,27)12-33(17)11-16-18(22(34)35-3)23(2,14-4-6-15(25)7-5-14)30-19(29-16)21-28-8-9-37-21/h4-9,17H,10-12H2,1-3H3,(H,29,30). The second-order valence-corrected chi connectivity index (χ2v) is 9.88. The molecule has 2 aliphatic rings. The van der Waals surface area contributed by atoms with E-state index in [0.717, 1.165) is 0 Å². The first-order chi connectivity index (χ1) is 17.6. The number of benzene rings is 1. The maximum absolute atomic E-state index is 14.6. The SMILES string of the molecule is COC(=O)C1=C(CN2CC(F)(F)CC2c2nnc(C)o2)NC(c2nccs2)=NC1(C)c1ccc(F)cc1. The zero-order chi connectivity index (χ0) is 26.4. The maximum atomic E-state index is 14.6. The summed E-state index contributed by atoms with van der Waals surface area (Å²) in [7, 11) is 1.23. The molecule has 37 heavy (non-hydrogen) atoms. The second kappa shape index (κ2) is 9.38. The van der Waals surface area contributed by atoms with Crippen LogP contribution in [0, 0.1) is 12.7 Å². The molecule has 0 aliphatic carbocycles. The lowest BCUT2D eigenvalue weighted by atomic mass is 9.82. The first-order valence-corrected chi connectivity index (χ1v) is 12.2. The van der Waals surface area contributed by atoms with E-state index >= 15 is 0 Å². The molecule has 1 aromatic carbocycles. The first-order valence-electron chi connectivity index (χ1n) is 11.4. The minimum Gasteiger partial charge on any atom is -0.466 e. The molecule has 1 N–H and O–H groups in total. The van der Waals surface area contributed by atoms with E-state index in [4.69, 9.17) is 14.1 Å². The van der Waals surface area contributed by atoms with E-state index < -0.39 is 42.3 Å². The minimum absolute atomic E-state index is 0.0702. The topological polar surface area (TPSA) is 106 Å². The number of carbonyl (C=O) groups is 1. The van der Waals surface area contributed by atoms with Crippen LogP contribution in [0.3, 0.4) is 0 Å². The van der Waals surface area contributed by atoms with Gasteiger partial charge >= 0.3 is 5.97 Å². The Morgan fingerprint density at radius 2 is 2.05 bits per heavy atom. The lowest BCUT2D eigenvalue weighted by molar-refractivity contribution is -0.137. The van der Waals surface area contributed by atoms with Gasteiger partial charge < -0.3 is 14.5 Å². The molecule has 0 saturated carbocycles. The number of hydrogen-bond acceptors (Lipinski definition) is 10. The molecule has 1 fully saturated rings. The van der Waals surface area contributed by atoms with Gasteiger partial charge in [0.05, 0.1) is 25.3 Å². The number of ether oxygens (including phenoxy) is 1. The van der Waals surface area contributed by atoms with Gasteiger partial charge in [0.25, 0.3) is 5.92 Å². The van der Waals surface area contributed by atoms with Crippen LogP contribution in [-0.2, 0) is 15.1 Å². The summed E-state index contributed by atoms with van der Waals surface area (Å²) in [6.07, 6.45) is 1.09. The van der Waals surface area contributed by atoms with Gasteiger partial charge in [0.2, 0.25) is 11.8 Å². The average molecular weight is 533 g/mol. The highest BCUT2D eigenvalue weighted by atomic mass is 32.1. The zero-order valence-corrected chi connectivity index (χ0v) is 21.0. The van der Waals surface area contributed by atoms with Gasteiger partial charge in [-0.15, -0.1) is 21.5 Å². The summed E-state index contributed by atoms with van der Waals surface area (Å²) < 4.78 is 53.6. The molecule has 4 heterocycles. The van der Waals surface area contributed by atoms with Crippen molar-refractivity contribution in [2.75, 3.05) is 20.2 Å². The molecule has 0 bridgehead atoms. The van der Waals surface area contributed by atoms with E-state index in [9.17, 15) is 18.0 Å². The molecule has 0 spiro atoms. The van der Waals surface area contributed by atoms with Crippen LogP contribution in [0.4, 0.5) is 13.2 Å². The van der Waals surface area contributed by atoms with Crippen molar-refractivity contribution in [2.45, 2.75) is 37.8 Å². The predicted octanol–water partition coefficient (Wildman–Crippen LogP) is 3.75. The van der Waals surface area contributed by atoms with E-state index in [1.165, 1.54) is 47.6 Å². The van der Waals surface area contributed by atoms with E-state index in [1.54, 1.807) is 25.4 Å². The quantitative estimate of drug-likeness (QED) is 0.479. The van der Waals surface area contributed by atoms with Gasteiger partial charge in [-0.25, -0.2) is 27.9 Å². The number of nitrogens with one attached hydrogen (secondary N) is 1. The highest BCUT2D eigenvalue weighted by molar-refractivity contribution is 7.11. The molecule has 2 aromatic heterocycles. The number of carbonyl (C=O) groups excluding carboxylic acids is 1. The number of alkyl halides is 2. The van der Waals surface area contributed by atoms with Crippen molar-refractivity contribution in [3.05, 3.63) is 75.3 Å². The largest absolute Gasteiger partial charge is 0.466 e. The molecule has 2 unspecified atom stereocenters. The number of aromatic nitrogens is 3. The fourth-order valence-corrected chi connectivity index (χ4v) is 5.30. The molecule has 2 aliphatic heterocycles. The second-order valence-electron chi connectivity index (χ2n) is 8.99. The number of methoxy groups -OCH3 is 1. The third-order valence-corrected chi connectivity index (χ3v) is 7.16. The molecule has 9 nitrogen and oxygen atoms in total. The highest BCUT2D eigenvalue weighted by Crippen LogP contribution is 2.43. The average Bonchev–Trinajstić information content (AvgIpc) is 3.59. The van der Waals surface area contributed by atoms with E-state index in [-0.39, 0.29) is 23.9 Å². The zero-order valence-electron chi connectivity index (χ0n) is 20.2. The van der Waals surface area contributed by atoms with Crippen LogP contribution >= 0.6 is 11.3 Å². The Bertz CT molecular complexity index is 1370. The number of aryl methyl sites for hydroxylation is 1. The lowest BCUT2D eigenvalue weighted by Crippen LogP contribution is -2.45. The van der Waals surface area contributed by atoms with Gasteiger partial charge in [0.15, 0.2) is 10.8 Å². The number of likely N-dealkylation sites (tertiary alicyclic amines) is 1. The smallest absolute Gasteiger partial charge is 0.338 e. The van der Waals surface area contributed by atoms with Crippen molar-refractivity contribution in [2.24, 2.45) is 4.99 Å². The Kier molecular flexibility index (Phi) is 6.36. The van der Waals surface area contributed by atoms with Crippen LogP contribution in [0.5, 0.6) is 0 Å². The summed E-state index contributed by atoms with van der Waals surface area (Å²) in [6.45, 7) is 2.58. The van der Waals surface area contributed by atoms with E-state index in [1.807, 2.05) is 0 Å². The molecule has 194 valence electrons. The minimum atomic E-state index is -3.01. The van der Waals surface area contributed by atoms with Crippen molar-refractivity contribution in [3.63, 3.8) is 0 Å². The van der Waals surface area contributed by atoms with Gasteiger partial charge in [0.1, 0.15) is 11.4 Å². The van der Waals surface area contributed by atoms with Crippen molar-refractivity contribution in [3.8, 4) is 0 Å². The van der Waals surface area contributed by atoms with Crippen LogP contribution in [0.1, 0.15) is 41.7 Å². The van der Waals surface area contributed by atoms with Crippen LogP contribution in [-0.4, -0.2) is 58.0 Å². The van der Waals surface area contributed by atoms with Crippen molar-refractivity contribution < 1.29 is 27.1 Å². The molecule has 2 atom stereocenters. The number of hydrogen-bond donors (Lipinski definition) is 1. The normalized spacial score (nSPS) is 23.6. The van der Waals surface area contributed by atoms with Gasteiger partial charge in [0, 0.05) is 37.2 Å². The molecule has 0 amide bonds. The fourth-order valence-electron chi connectivity index (χ4n) is 4.72. The summed E-state index contributed by atoms with van der Waals surface area (Å²) in [5.74, 6) is -3.49. The van der Waals surface area contributed by atoms with Crippen LogP contribution in [0.2, 0.25) is 0 Å². The fraction of sp³-hybridized carbons (Fsp3) is 0.375. The van der Waals surface area contributed by atoms with Gasteiger partial charge in [-0.1, -0.05) is 12.1 Å². The van der Waals surface area contributed by atoms with E-state index in [0.29, 0.717) is 22.1 Å². The van der Waals surface area contributed by atoms with Gasteiger partial charge in [-0.3, -0.25) is 4.90 Å². The Morgan fingerprint density at radius 3 is 2.68 bits per heavy atom. The Balaban J connectivity index is 1.63. The molecule has 1 saturated heterocycles. The van der Waals surface area contributed by atoms with Crippen LogP contribution < -0.4 is 5.32 Å². The molecular weight excluding hydrogens is 509 g/mol. The maximum Gasteiger partial charge on any atom is 0.338 e. The van der Waals surface area contributed by atoms with E-state index in [2.05, 4.69) is 20.5 Å². The summed E-state index contributed by atoms with van der Waals surface area (Å²) in [5, 5.41) is 13.2. The number of nitrogens with zero attached hydrogens (tertiary/aromatic N) is 5. The van der Waals surface area contributed by atoms with Crippen molar-refractivity contribution >= 4 is 23.1 Å². The number of amidine groups is 1. The lowest BCUT2D eigenvalue weighted by Gasteiger charge is -2.36. The van der Waals surface area contributed by atoms with Gasteiger partial charge in [-0.05, 0) is 24.6 Å². The summed E-state index contributed by atoms with van der Waals surface area (Å²) in [5.41, 5.74) is -0.408. The van der Waals surface area contributed by atoms with Gasteiger partial charge in [-0.2, -0.15) is 0 Å². The van der Waals surface area contributed by atoms with Crippen LogP contribution in [0.25, 0.3) is 0 Å². The van der Waals surface area contributed by atoms with Crippen molar-refractivity contribution in [1.29, 1.82) is 0 Å².